The number of amides is 1. The molecule has 0 unspecified atom stereocenters. The summed E-state index contributed by atoms with van der Waals surface area (Å²) in [5.41, 5.74) is -0.223. The number of aromatic hydroxyl groups is 1. The van der Waals surface area contributed by atoms with Crippen LogP contribution >= 0.6 is 0 Å². The summed E-state index contributed by atoms with van der Waals surface area (Å²) in [7, 11) is 0. The third kappa shape index (κ3) is 3.48. The van der Waals surface area contributed by atoms with Crippen LogP contribution in [0.25, 0.3) is 5.69 Å². The van der Waals surface area contributed by atoms with Gasteiger partial charge in [-0.15, -0.1) is 0 Å². The molecule has 1 aliphatic heterocycles. The van der Waals surface area contributed by atoms with Gasteiger partial charge in [0.2, 0.25) is 11.7 Å². The molecule has 12 heteroatoms. The van der Waals surface area contributed by atoms with Gasteiger partial charge in [0.1, 0.15) is 18.5 Å². The van der Waals surface area contributed by atoms with Gasteiger partial charge in [0.25, 0.3) is 11.5 Å². The Labute approximate surface area is 169 Å². The van der Waals surface area contributed by atoms with Crippen LogP contribution in [0.3, 0.4) is 0 Å². The molecule has 4 rings (SSSR count). The number of hydrogen-bond donors (Lipinski definition) is 3. The molecule has 1 aromatic carbocycles. The van der Waals surface area contributed by atoms with E-state index in [4.69, 9.17) is 5.11 Å². The number of fused-ring (bicyclic) bond motifs is 1. The Hall–Kier alpha value is -3.80. The van der Waals surface area contributed by atoms with E-state index in [1.165, 1.54) is 40.1 Å². The number of carbonyl (C=O) groups excluding carboxylic acids is 1. The molecule has 0 fully saturated rings. The Morgan fingerprint density at radius 3 is 2.87 bits per heavy atom. The predicted octanol–water partition coefficient (Wildman–Crippen LogP) is -0.589. The van der Waals surface area contributed by atoms with Crippen LogP contribution < -0.4 is 15.8 Å². The van der Waals surface area contributed by atoms with Gasteiger partial charge in [-0.25, -0.2) is 19.0 Å². The molecule has 3 N–H and O–H groups in total. The summed E-state index contributed by atoms with van der Waals surface area (Å²) in [6, 6.07) is 3.98. The highest BCUT2D eigenvalue weighted by molar-refractivity contribution is 5.95. The van der Waals surface area contributed by atoms with E-state index in [0.29, 0.717) is 24.3 Å². The Balaban J connectivity index is 1.60. The zero-order chi connectivity index (χ0) is 21.3. The molecule has 0 spiro atoms. The van der Waals surface area contributed by atoms with E-state index in [-0.39, 0.29) is 25.6 Å². The van der Waals surface area contributed by atoms with Gasteiger partial charge < -0.3 is 20.4 Å². The molecular formula is C18H18FN7O4. The molecule has 3 aromatic rings. The SMILES string of the molecule is O=C(NCc1ccc(F)cc1-n1cncn1)c1nc2n(c(=O)c1O)CCN2CCO. The van der Waals surface area contributed by atoms with Crippen LogP contribution in [0.5, 0.6) is 5.75 Å². The van der Waals surface area contributed by atoms with Gasteiger partial charge in [-0.3, -0.25) is 14.2 Å². The van der Waals surface area contributed by atoms with Crippen molar-refractivity contribution in [2.45, 2.75) is 13.1 Å². The van der Waals surface area contributed by atoms with Gasteiger partial charge >= 0.3 is 0 Å². The second kappa shape index (κ2) is 7.91. The third-order valence-corrected chi connectivity index (χ3v) is 4.74. The summed E-state index contributed by atoms with van der Waals surface area (Å²) in [5, 5.41) is 25.9. The average Bonchev–Trinajstić information content (AvgIpc) is 3.40. The number of benzene rings is 1. The van der Waals surface area contributed by atoms with E-state index < -0.39 is 28.7 Å². The molecule has 1 amide bonds. The lowest BCUT2D eigenvalue weighted by Crippen LogP contribution is -2.30. The second-order valence-electron chi connectivity index (χ2n) is 6.57. The molecule has 2 aromatic heterocycles. The first-order chi connectivity index (χ1) is 14.5. The Morgan fingerprint density at radius 2 is 2.13 bits per heavy atom. The number of nitrogens with one attached hydrogen (secondary N) is 1. The monoisotopic (exact) mass is 415 g/mol. The van der Waals surface area contributed by atoms with Crippen molar-refractivity contribution >= 4 is 11.9 Å². The van der Waals surface area contributed by atoms with Crippen LogP contribution in [0.2, 0.25) is 0 Å². The molecule has 3 heterocycles. The summed E-state index contributed by atoms with van der Waals surface area (Å²) in [6.45, 7) is 0.800. The zero-order valence-electron chi connectivity index (χ0n) is 15.7. The topological polar surface area (TPSA) is 138 Å². The molecule has 0 saturated heterocycles. The minimum Gasteiger partial charge on any atom is -0.501 e. The first-order valence-electron chi connectivity index (χ1n) is 9.11. The molecule has 0 saturated carbocycles. The van der Waals surface area contributed by atoms with Crippen molar-refractivity contribution in [2.24, 2.45) is 0 Å². The molecule has 0 atom stereocenters. The fraction of sp³-hybridized carbons (Fsp3) is 0.278. The van der Waals surface area contributed by atoms with Crippen molar-refractivity contribution in [3.63, 3.8) is 0 Å². The Kier molecular flexibility index (Phi) is 5.14. The number of rotatable bonds is 6. The number of β-amino-alcohol motifs (C(OH)–C–C–N with tert-alkyl or cyclic N) is 1. The predicted molar refractivity (Wildman–Crippen MR) is 102 cm³/mol. The van der Waals surface area contributed by atoms with Crippen LogP contribution in [0.15, 0.2) is 35.6 Å². The summed E-state index contributed by atoms with van der Waals surface area (Å²) >= 11 is 0. The molecule has 0 bridgehead atoms. The number of halogens is 1. The number of aromatic nitrogens is 5. The highest BCUT2D eigenvalue weighted by atomic mass is 19.1. The molecule has 30 heavy (non-hydrogen) atoms. The maximum Gasteiger partial charge on any atom is 0.298 e. The van der Waals surface area contributed by atoms with Gasteiger partial charge in [-0.05, 0) is 17.7 Å². The van der Waals surface area contributed by atoms with Crippen molar-refractivity contribution in [1.82, 2.24) is 29.6 Å². The standard InChI is InChI=1S/C18H18FN7O4/c19-12-2-1-11(13(7-12)26-10-20-9-22-26)8-21-16(29)14-15(28)17(30)25-4-3-24(5-6-27)18(25)23-14/h1-2,7,9-10,27-28H,3-6,8H2,(H,21,29). The first-order valence-corrected chi connectivity index (χ1v) is 9.11. The van der Waals surface area contributed by atoms with Gasteiger partial charge in [0.05, 0.1) is 12.3 Å². The van der Waals surface area contributed by atoms with E-state index in [1.807, 2.05) is 0 Å². The van der Waals surface area contributed by atoms with Crippen molar-refractivity contribution in [1.29, 1.82) is 0 Å². The number of aliphatic hydroxyl groups is 1. The number of hydrogen-bond acceptors (Lipinski definition) is 8. The number of aliphatic hydroxyl groups excluding tert-OH is 1. The van der Waals surface area contributed by atoms with E-state index >= 15 is 0 Å². The largest absolute Gasteiger partial charge is 0.501 e. The highest BCUT2D eigenvalue weighted by Crippen LogP contribution is 2.21. The summed E-state index contributed by atoms with van der Waals surface area (Å²) in [4.78, 5) is 34.7. The van der Waals surface area contributed by atoms with Gasteiger partial charge in [-0.1, -0.05) is 6.07 Å². The molecular weight excluding hydrogens is 397 g/mol. The molecule has 0 aliphatic carbocycles. The summed E-state index contributed by atoms with van der Waals surface area (Å²) in [6.07, 6.45) is 2.69. The zero-order valence-corrected chi connectivity index (χ0v) is 15.7. The fourth-order valence-corrected chi connectivity index (χ4v) is 3.28. The minimum atomic E-state index is -0.766. The molecule has 156 valence electrons. The lowest BCUT2D eigenvalue weighted by Gasteiger charge is -2.16. The lowest BCUT2D eigenvalue weighted by atomic mass is 10.1. The molecule has 1 aliphatic rings. The minimum absolute atomic E-state index is 0.0335. The maximum atomic E-state index is 13.7. The molecule has 11 nitrogen and oxygen atoms in total. The van der Waals surface area contributed by atoms with Crippen molar-refractivity contribution in [3.8, 4) is 11.4 Å². The molecule has 0 radical (unpaired) electrons. The lowest BCUT2D eigenvalue weighted by molar-refractivity contribution is 0.0942. The van der Waals surface area contributed by atoms with Crippen LogP contribution in [0.4, 0.5) is 10.3 Å². The van der Waals surface area contributed by atoms with Gasteiger partial charge in [0, 0.05) is 26.2 Å². The van der Waals surface area contributed by atoms with E-state index in [0.717, 1.165) is 0 Å². The second-order valence-corrected chi connectivity index (χ2v) is 6.57. The Bertz CT molecular complexity index is 1150. The van der Waals surface area contributed by atoms with Crippen LogP contribution in [0.1, 0.15) is 16.1 Å². The smallest absolute Gasteiger partial charge is 0.298 e. The van der Waals surface area contributed by atoms with Crippen molar-refractivity contribution in [3.05, 3.63) is 58.3 Å². The van der Waals surface area contributed by atoms with Crippen LogP contribution in [-0.2, 0) is 13.1 Å². The summed E-state index contributed by atoms with van der Waals surface area (Å²) in [5.74, 6) is -1.79. The highest BCUT2D eigenvalue weighted by Gasteiger charge is 2.27. The van der Waals surface area contributed by atoms with Gasteiger partial charge in [-0.2, -0.15) is 5.10 Å². The number of carbonyl (C=O) groups is 1. The average molecular weight is 415 g/mol. The van der Waals surface area contributed by atoms with E-state index in [1.54, 1.807) is 4.90 Å². The van der Waals surface area contributed by atoms with E-state index in [2.05, 4.69) is 20.4 Å². The van der Waals surface area contributed by atoms with Crippen LogP contribution in [-0.4, -0.2) is 60.1 Å². The van der Waals surface area contributed by atoms with Gasteiger partial charge in [0.15, 0.2) is 5.69 Å². The summed E-state index contributed by atoms with van der Waals surface area (Å²) < 4.78 is 16.3. The maximum absolute atomic E-state index is 13.7. The quantitative estimate of drug-likeness (QED) is 0.486. The van der Waals surface area contributed by atoms with E-state index in [9.17, 15) is 19.1 Å². The van der Waals surface area contributed by atoms with Crippen LogP contribution in [0, 0.1) is 5.82 Å². The van der Waals surface area contributed by atoms with Crippen molar-refractivity contribution < 1.29 is 19.4 Å². The Morgan fingerprint density at radius 1 is 1.30 bits per heavy atom. The van der Waals surface area contributed by atoms with Crippen molar-refractivity contribution in [2.75, 3.05) is 24.6 Å². The third-order valence-electron chi connectivity index (χ3n) is 4.74. The normalized spacial score (nSPS) is 12.8. The fourth-order valence-electron chi connectivity index (χ4n) is 3.28. The first kappa shape index (κ1) is 19.5. The number of nitrogens with zero attached hydrogens (tertiary/aromatic N) is 6. The number of anilines is 1.